The van der Waals surface area contributed by atoms with Crippen molar-refractivity contribution >= 4 is 0 Å². The van der Waals surface area contributed by atoms with E-state index in [9.17, 15) is 9.50 Å². The Kier molecular flexibility index (Phi) is 2.97. The van der Waals surface area contributed by atoms with Crippen molar-refractivity contribution in [3.05, 3.63) is 47.8 Å². The maximum Gasteiger partial charge on any atom is 0.231 e. The number of fused-ring (bicyclic) bond motifs is 1. The molecule has 0 bridgehead atoms. The van der Waals surface area contributed by atoms with E-state index in [0.29, 0.717) is 22.8 Å². The predicted molar refractivity (Wildman–Crippen MR) is 65.0 cm³/mol. The van der Waals surface area contributed by atoms with Crippen molar-refractivity contribution in [1.82, 2.24) is 0 Å². The normalized spacial score (nSPS) is 12.5. The Labute approximate surface area is 109 Å². The Hall–Kier alpha value is -2.27. The molecular weight excluding hydrogens is 251 g/mol. The standard InChI is InChI=1S/C14H11FO4/c15-11-3-1-2-9(7-16)14(11)19-10-4-5-12-13(6-10)18-8-17-12/h1-6,16H,7-8H2. The summed E-state index contributed by atoms with van der Waals surface area (Å²) in [5, 5.41) is 9.18. The third kappa shape index (κ3) is 2.20. The van der Waals surface area contributed by atoms with Gasteiger partial charge >= 0.3 is 0 Å². The first-order chi connectivity index (χ1) is 9.28. The molecular formula is C14H11FO4. The largest absolute Gasteiger partial charge is 0.454 e. The van der Waals surface area contributed by atoms with Crippen LogP contribution in [0.4, 0.5) is 4.39 Å². The molecule has 2 aromatic rings. The molecule has 0 amide bonds. The zero-order valence-electron chi connectivity index (χ0n) is 9.93. The van der Waals surface area contributed by atoms with Gasteiger partial charge in [-0.2, -0.15) is 0 Å². The Balaban J connectivity index is 1.93. The highest BCUT2D eigenvalue weighted by Crippen LogP contribution is 2.37. The summed E-state index contributed by atoms with van der Waals surface area (Å²) in [5.74, 6) is 1.10. The molecule has 19 heavy (non-hydrogen) atoms. The van der Waals surface area contributed by atoms with Crippen molar-refractivity contribution in [3.63, 3.8) is 0 Å². The van der Waals surface area contributed by atoms with Gasteiger partial charge in [-0.1, -0.05) is 12.1 Å². The van der Waals surface area contributed by atoms with E-state index < -0.39 is 5.82 Å². The summed E-state index contributed by atoms with van der Waals surface area (Å²) in [6.45, 7) is -0.127. The van der Waals surface area contributed by atoms with Crippen LogP contribution >= 0.6 is 0 Å². The molecule has 0 atom stereocenters. The smallest absolute Gasteiger partial charge is 0.231 e. The van der Waals surface area contributed by atoms with Crippen LogP contribution in [-0.4, -0.2) is 11.9 Å². The first-order valence-corrected chi connectivity index (χ1v) is 5.73. The van der Waals surface area contributed by atoms with Crippen molar-refractivity contribution in [1.29, 1.82) is 0 Å². The molecule has 0 aromatic heterocycles. The van der Waals surface area contributed by atoms with Crippen LogP contribution < -0.4 is 14.2 Å². The fraction of sp³-hybridized carbons (Fsp3) is 0.143. The number of aliphatic hydroxyl groups is 1. The Morgan fingerprint density at radius 2 is 2.00 bits per heavy atom. The minimum atomic E-state index is -0.524. The molecule has 0 fully saturated rings. The van der Waals surface area contributed by atoms with Crippen molar-refractivity contribution in [2.45, 2.75) is 6.61 Å². The van der Waals surface area contributed by atoms with Gasteiger partial charge in [0.25, 0.3) is 0 Å². The number of ether oxygens (including phenoxy) is 3. The zero-order valence-corrected chi connectivity index (χ0v) is 9.93. The highest BCUT2D eigenvalue weighted by Gasteiger charge is 2.16. The third-order valence-corrected chi connectivity index (χ3v) is 2.78. The lowest BCUT2D eigenvalue weighted by Crippen LogP contribution is -1.95. The number of halogens is 1. The number of para-hydroxylation sites is 1. The van der Waals surface area contributed by atoms with Crippen molar-refractivity contribution in [2.24, 2.45) is 0 Å². The van der Waals surface area contributed by atoms with Crippen LogP contribution in [0.3, 0.4) is 0 Å². The topological polar surface area (TPSA) is 47.9 Å². The quantitative estimate of drug-likeness (QED) is 0.924. The van der Waals surface area contributed by atoms with Crippen LogP contribution in [0.25, 0.3) is 0 Å². The van der Waals surface area contributed by atoms with E-state index in [1.54, 1.807) is 24.3 Å². The molecule has 0 unspecified atom stereocenters. The molecule has 0 radical (unpaired) electrons. The van der Waals surface area contributed by atoms with Crippen molar-refractivity contribution < 1.29 is 23.7 Å². The minimum absolute atomic E-state index is 0.0175. The molecule has 5 heteroatoms. The summed E-state index contributed by atoms with van der Waals surface area (Å²) in [4.78, 5) is 0. The maximum atomic E-state index is 13.7. The lowest BCUT2D eigenvalue weighted by molar-refractivity contribution is 0.174. The molecule has 2 aromatic carbocycles. The second kappa shape index (κ2) is 4.78. The molecule has 98 valence electrons. The summed E-state index contributed by atoms with van der Waals surface area (Å²) >= 11 is 0. The van der Waals surface area contributed by atoms with Crippen LogP contribution in [0.2, 0.25) is 0 Å². The number of aliphatic hydroxyl groups excluding tert-OH is 1. The van der Waals surface area contributed by atoms with E-state index in [2.05, 4.69) is 0 Å². The molecule has 3 rings (SSSR count). The van der Waals surface area contributed by atoms with Gasteiger partial charge in [0.1, 0.15) is 5.75 Å². The van der Waals surface area contributed by atoms with Crippen LogP contribution in [0.5, 0.6) is 23.0 Å². The zero-order chi connectivity index (χ0) is 13.2. The number of hydrogen-bond acceptors (Lipinski definition) is 4. The third-order valence-electron chi connectivity index (χ3n) is 2.78. The molecule has 0 saturated carbocycles. The van der Waals surface area contributed by atoms with Gasteiger partial charge < -0.3 is 19.3 Å². The van der Waals surface area contributed by atoms with Gasteiger partial charge in [-0.05, 0) is 18.2 Å². The number of hydrogen-bond donors (Lipinski definition) is 1. The fourth-order valence-electron chi connectivity index (χ4n) is 1.85. The maximum absolute atomic E-state index is 13.7. The van der Waals surface area contributed by atoms with Gasteiger partial charge in [-0.15, -0.1) is 0 Å². The van der Waals surface area contributed by atoms with Gasteiger partial charge in [0.2, 0.25) is 6.79 Å². The fourth-order valence-corrected chi connectivity index (χ4v) is 1.85. The van der Waals surface area contributed by atoms with E-state index in [4.69, 9.17) is 14.2 Å². The van der Waals surface area contributed by atoms with Crippen molar-refractivity contribution in [2.75, 3.05) is 6.79 Å². The van der Waals surface area contributed by atoms with Gasteiger partial charge in [0, 0.05) is 11.6 Å². The van der Waals surface area contributed by atoms with Crippen molar-refractivity contribution in [3.8, 4) is 23.0 Å². The van der Waals surface area contributed by atoms with Gasteiger partial charge in [0.15, 0.2) is 23.1 Å². The second-order valence-electron chi connectivity index (χ2n) is 4.00. The summed E-state index contributed by atoms with van der Waals surface area (Å²) < 4.78 is 29.6. The van der Waals surface area contributed by atoms with Crippen LogP contribution in [-0.2, 0) is 6.61 Å². The average Bonchev–Trinajstić information content (AvgIpc) is 2.88. The lowest BCUT2D eigenvalue weighted by atomic mass is 10.2. The van der Waals surface area contributed by atoms with E-state index in [1.165, 1.54) is 12.1 Å². The van der Waals surface area contributed by atoms with Crippen LogP contribution in [0, 0.1) is 5.82 Å². The van der Waals surface area contributed by atoms with E-state index >= 15 is 0 Å². The Morgan fingerprint density at radius 1 is 1.16 bits per heavy atom. The molecule has 4 nitrogen and oxygen atoms in total. The van der Waals surface area contributed by atoms with E-state index in [0.717, 1.165) is 0 Å². The first-order valence-electron chi connectivity index (χ1n) is 5.73. The monoisotopic (exact) mass is 262 g/mol. The summed E-state index contributed by atoms with van der Waals surface area (Å²) in [5.41, 5.74) is 0.387. The molecule has 1 aliphatic rings. The molecule has 0 saturated heterocycles. The SMILES string of the molecule is OCc1cccc(F)c1Oc1ccc2c(c1)OCO2. The molecule has 1 heterocycles. The second-order valence-corrected chi connectivity index (χ2v) is 4.00. The molecule has 1 N–H and O–H groups in total. The Morgan fingerprint density at radius 3 is 2.84 bits per heavy atom. The molecule has 0 spiro atoms. The number of rotatable bonds is 3. The number of benzene rings is 2. The van der Waals surface area contributed by atoms with Gasteiger partial charge in [-0.3, -0.25) is 0 Å². The molecule has 1 aliphatic heterocycles. The average molecular weight is 262 g/mol. The van der Waals surface area contributed by atoms with Crippen LogP contribution in [0.15, 0.2) is 36.4 Å². The highest BCUT2D eigenvalue weighted by molar-refractivity contribution is 5.48. The van der Waals surface area contributed by atoms with Gasteiger partial charge in [0.05, 0.1) is 6.61 Å². The molecule has 0 aliphatic carbocycles. The van der Waals surface area contributed by atoms with E-state index in [-0.39, 0.29) is 19.1 Å². The lowest BCUT2D eigenvalue weighted by Gasteiger charge is -2.10. The summed E-state index contributed by atoms with van der Waals surface area (Å²) in [7, 11) is 0. The predicted octanol–water partition coefficient (Wildman–Crippen LogP) is 2.84. The minimum Gasteiger partial charge on any atom is -0.454 e. The highest BCUT2D eigenvalue weighted by atomic mass is 19.1. The summed E-state index contributed by atoms with van der Waals surface area (Å²) in [6.07, 6.45) is 0. The van der Waals surface area contributed by atoms with E-state index in [1.807, 2.05) is 0 Å². The van der Waals surface area contributed by atoms with Crippen LogP contribution in [0.1, 0.15) is 5.56 Å². The summed E-state index contributed by atoms with van der Waals surface area (Å²) in [6, 6.07) is 9.37. The first kappa shape index (κ1) is 11.8. The Bertz CT molecular complexity index is 612. The van der Waals surface area contributed by atoms with Gasteiger partial charge in [-0.25, -0.2) is 4.39 Å².